The normalized spacial score (nSPS) is 10.8. The van der Waals surface area contributed by atoms with Crippen molar-refractivity contribution in [2.24, 2.45) is 0 Å². The number of benzene rings is 1. The summed E-state index contributed by atoms with van der Waals surface area (Å²) in [4.78, 5) is 21.5. The predicted octanol–water partition coefficient (Wildman–Crippen LogP) is 2.86. The molecule has 112 valence electrons. The monoisotopic (exact) mass is 313 g/mol. The Balaban J connectivity index is 1.96. The van der Waals surface area contributed by atoms with Gasteiger partial charge in [-0.05, 0) is 31.0 Å². The zero-order chi connectivity index (χ0) is 15.5. The third-order valence-corrected chi connectivity index (χ3v) is 3.94. The molecule has 22 heavy (non-hydrogen) atoms. The molecule has 0 atom stereocenters. The minimum absolute atomic E-state index is 0.224. The summed E-state index contributed by atoms with van der Waals surface area (Å²) in [5.74, 6) is -0.224. The van der Waals surface area contributed by atoms with Crippen LogP contribution in [-0.2, 0) is 12.8 Å². The van der Waals surface area contributed by atoms with Crippen molar-refractivity contribution in [3.05, 3.63) is 40.7 Å². The first-order chi connectivity index (χ1) is 10.7. The van der Waals surface area contributed by atoms with Gasteiger partial charge in [-0.15, -0.1) is 10.2 Å². The van der Waals surface area contributed by atoms with Gasteiger partial charge in [0.05, 0.1) is 22.4 Å². The van der Waals surface area contributed by atoms with Gasteiger partial charge in [-0.2, -0.15) is 0 Å². The van der Waals surface area contributed by atoms with Crippen LogP contribution in [0.4, 0.5) is 5.13 Å². The van der Waals surface area contributed by atoms with E-state index in [9.17, 15) is 4.79 Å². The number of carbonyl (C=O) groups excluding carboxylic acids is 1. The molecule has 3 rings (SSSR count). The average molecular weight is 313 g/mol. The van der Waals surface area contributed by atoms with Crippen molar-refractivity contribution >= 4 is 33.4 Å². The van der Waals surface area contributed by atoms with E-state index in [4.69, 9.17) is 0 Å². The van der Waals surface area contributed by atoms with Gasteiger partial charge >= 0.3 is 0 Å². The van der Waals surface area contributed by atoms with E-state index in [-0.39, 0.29) is 5.91 Å². The molecule has 0 saturated heterocycles. The van der Waals surface area contributed by atoms with Crippen molar-refractivity contribution in [3.63, 3.8) is 0 Å². The Morgan fingerprint density at radius 2 is 1.86 bits per heavy atom. The van der Waals surface area contributed by atoms with Crippen LogP contribution in [-0.4, -0.2) is 26.1 Å². The van der Waals surface area contributed by atoms with E-state index in [1.807, 2.05) is 6.07 Å². The highest BCUT2D eigenvalue weighted by Gasteiger charge is 2.11. The second-order valence-electron chi connectivity index (χ2n) is 4.73. The minimum atomic E-state index is -0.224. The number of rotatable bonds is 4. The maximum Gasteiger partial charge on any atom is 0.257 e. The van der Waals surface area contributed by atoms with Crippen LogP contribution in [0.15, 0.2) is 23.7 Å². The van der Waals surface area contributed by atoms with Crippen LogP contribution in [0.1, 0.15) is 35.6 Å². The van der Waals surface area contributed by atoms with Gasteiger partial charge < -0.3 is 0 Å². The third kappa shape index (κ3) is 2.80. The molecule has 1 N–H and O–H groups in total. The van der Waals surface area contributed by atoms with E-state index in [1.165, 1.54) is 11.3 Å². The lowest BCUT2D eigenvalue weighted by atomic mass is 10.1. The Hall–Kier alpha value is -2.41. The lowest BCUT2D eigenvalue weighted by Crippen LogP contribution is -2.12. The average Bonchev–Trinajstić information content (AvgIpc) is 3.05. The standard InChI is InChI=1S/C15H15N5OS/c1-3-10-11(4-2)18-13-7-9(5-6-12(13)17-10)14(21)19-15-20-16-8-22-15/h5-8H,3-4H2,1-2H3,(H,19,20,21). The SMILES string of the molecule is CCc1nc2ccc(C(=O)Nc3nncs3)cc2nc1CC. The first kappa shape index (κ1) is 14.5. The molecule has 0 aliphatic rings. The number of nitrogens with one attached hydrogen (secondary N) is 1. The van der Waals surface area contributed by atoms with Gasteiger partial charge in [0.25, 0.3) is 5.91 Å². The minimum Gasteiger partial charge on any atom is -0.296 e. The molecule has 0 unspecified atom stereocenters. The van der Waals surface area contributed by atoms with E-state index < -0.39 is 0 Å². The fourth-order valence-electron chi connectivity index (χ4n) is 2.23. The molecule has 0 spiro atoms. The van der Waals surface area contributed by atoms with Crippen LogP contribution in [0.25, 0.3) is 11.0 Å². The van der Waals surface area contributed by atoms with Crippen LogP contribution >= 0.6 is 11.3 Å². The van der Waals surface area contributed by atoms with Gasteiger partial charge in [-0.25, -0.2) is 9.97 Å². The van der Waals surface area contributed by atoms with E-state index in [0.717, 1.165) is 35.3 Å². The fraction of sp³-hybridized carbons (Fsp3) is 0.267. The molecule has 7 heteroatoms. The van der Waals surface area contributed by atoms with E-state index in [1.54, 1.807) is 17.6 Å². The molecule has 0 aliphatic carbocycles. The number of carbonyl (C=O) groups is 1. The van der Waals surface area contributed by atoms with Crippen molar-refractivity contribution < 1.29 is 4.79 Å². The largest absolute Gasteiger partial charge is 0.296 e. The maximum atomic E-state index is 12.2. The summed E-state index contributed by atoms with van der Waals surface area (Å²) in [6, 6.07) is 5.34. The van der Waals surface area contributed by atoms with Gasteiger partial charge in [-0.3, -0.25) is 10.1 Å². The van der Waals surface area contributed by atoms with E-state index in [0.29, 0.717) is 10.7 Å². The van der Waals surface area contributed by atoms with Crippen LogP contribution < -0.4 is 5.32 Å². The summed E-state index contributed by atoms with van der Waals surface area (Å²) in [5.41, 5.74) is 5.64. The van der Waals surface area contributed by atoms with Crippen molar-refractivity contribution in [3.8, 4) is 0 Å². The Morgan fingerprint density at radius 1 is 1.14 bits per heavy atom. The zero-order valence-electron chi connectivity index (χ0n) is 12.3. The number of aromatic nitrogens is 4. The lowest BCUT2D eigenvalue weighted by Gasteiger charge is -2.08. The molecule has 1 amide bonds. The molecule has 0 saturated carbocycles. The topological polar surface area (TPSA) is 80.7 Å². The van der Waals surface area contributed by atoms with Crippen molar-refractivity contribution in [2.75, 3.05) is 5.32 Å². The van der Waals surface area contributed by atoms with Gasteiger partial charge in [0.15, 0.2) is 0 Å². The summed E-state index contributed by atoms with van der Waals surface area (Å²) in [5, 5.41) is 10.7. The van der Waals surface area contributed by atoms with Gasteiger partial charge in [0.1, 0.15) is 5.51 Å². The first-order valence-electron chi connectivity index (χ1n) is 7.08. The Morgan fingerprint density at radius 3 is 2.50 bits per heavy atom. The van der Waals surface area contributed by atoms with Gasteiger partial charge in [0, 0.05) is 5.56 Å². The summed E-state index contributed by atoms with van der Waals surface area (Å²) in [6.45, 7) is 4.12. The number of hydrogen-bond acceptors (Lipinski definition) is 6. The highest BCUT2D eigenvalue weighted by molar-refractivity contribution is 7.13. The Labute approximate surface area is 131 Å². The molecule has 2 heterocycles. The predicted molar refractivity (Wildman–Crippen MR) is 86.2 cm³/mol. The number of amides is 1. The Bertz CT molecular complexity index is 816. The number of anilines is 1. The highest BCUT2D eigenvalue weighted by Crippen LogP contribution is 2.17. The molecule has 3 aromatic rings. The lowest BCUT2D eigenvalue weighted by molar-refractivity contribution is 0.102. The number of aryl methyl sites for hydroxylation is 2. The molecule has 0 fully saturated rings. The molecule has 1 aromatic carbocycles. The molecular weight excluding hydrogens is 298 g/mol. The second kappa shape index (κ2) is 6.15. The quantitative estimate of drug-likeness (QED) is 0.801. The second-order valence-corrected chi connectivity index (χ2v) is 5.56. The fourth-order valence-corrected chi connectivity index (χ4v) is 2.67. The first-order valence-corrected chi connectivity index (χ1v) is 7.96. The number of hydrogen-bond donors (Lipinski definition) is 1. The van der Waals surface area contributed by atoms with Crippen molar-refractivity contribution in [1.82, 2.24) is 20.2 Å². The third-order valence-electron chi connectivity index (χ3n) is 3.33. The molecule has 0 bridgehead atoms. The van der Waals surface area contributed by atoms with E-state index >= 15 is 0 Å². The summed E-state index contributed by atoms with van der Waals surface area (Å²) >= 11 is 1.28. The van der Waals surface area contributed by atoms with Crippen LogP contribution in [0.3, 0.4) is 0 Å². The Kier molecular flexibility index (Phi) is 4.06. The van der Waals surface area contributed by atoms with Crippen LogP contribution in [0.5, 0.6) is 0 Å². The van der Waals surface area contributed by atoms with E-state index in [2.05, 4.69) is 39.3 Å². The van der Waals surface area contributed by atoms with Crippen molar-refractivity contribution in [1.29, 1.82) is 0 Å². The molecular formula is C15H15N5OS. The zero-order valence-corrected chi connectivity index (χ0v) is 13.1. The number of fused-ring (bicyclic) bond motifs is 1. The summed E-state index contributed by atoms with van der Waals surface area (Å²) in [6.07, 6.45) is 1.68. The molecule has 0 radical (unpaired) electrons. The van der Waals surface area contributed by atoms with Crippen molar-refractivity contribution in [2.45, 2.75) is 26.7 Å². The van der Waals surface area contributed by atoms with Gasteiger partial charge in [-0.1, -0.05) is 25.2 Å². The maximum absolute atomic E-state index is 12.2. The summed E-state index contributed by atoms with van der Waals surface area (Å²) < 4.78 is 0. The smallest absolute Gasteiger partial charge is 0.257 e. The molecule has 2 aromatic heterocycles. The van der Waals surface area contributed by atoms with Crippen LogP contribution in [0, 0.1) is 0 Å². The van der Waals surface area contributed by atoms with Gasteiger partial charge in [0.2, 0.25) is 5.13 Å². The summed E-state index contributed by atoms with van der Waals surface area (Å²) in [7, 11) is 0. The molecule has 6 nitrogen and oxygen atoms in total. The van der Waals surface area contributed by atoms with Crippen LogP contribution in [0.2, 0.25) is 0 Å². The highest BCUT2D eigenvalue weighted by atomic mass is 32.1. The molecule has 0 aliphatic heterocycles. The number of nitrogens with zero attached hydrogens (tertiary/aromatic N) is 4.